The van der Waals surface area contributed by atoms with E-state index in [1.165, 1.54) is 5.56 Å². The summed E-state index contributed by atoms with van der Waals surface area (Å²) in [5, 5.41) is 0.676. The van der Waals surface area contributed by atoms with Crippen LogP contribution in [0.1, 0.15) is 22.3 Å². The SMILES string of the molecule is COc1cc(C=Nc2cc(C)ccc2C)cc(Br)c1OCc1ccccc1Cl. The van der Waals surface area contributed by atoms with Gasteiger partial charge in [0.15, 0.2) is 11.5 Å². The first kappa shape index (κ1) is 20.4. The lowest BCUT2D eigenvalue weighted by molar-refractivity contribution is 0.282. The summed E-state index contributed by atoms with van der Waals surface area (Å²) in [5.74, 6) is 1.26. The van der Waals surface area contributed by atoms with Gasteiger partial charge in [0.05, 0.1) is 17.3 Å². The molecule has 0 saturated carbocycles. The summed E-state index contributed by atoms with van der Waals surface area (Å²) in [5.41, 5.74) is 5.09. The molecule has 5 heteroatoms. The number of nitrogens with zero attached hydrogens (tertiary/aromatic N) is 1. The Bertz CT molecular complexity index is 1020. The average molecular weight is 459 g/mol. The van der Waals surface area contributed by atoms with Gasteiger partial charge in [-0.2, -0.15) is 0 Å². The van der Waals surface area contributed by atoms with Crippen molar-refractivity contribution in [1.29, 1.82) is 0 Å². The molecular formula is C23H21BrClNO2. The Hall–Kier alpha value is -2.30. The number of aryl methyl sites for hydroxylation is 2. The maximum Gasteiger partial charge on any atom is 0.175 e. The normalized spacial score (nSPS) is 11.0. The zero-order valence-corrected chi connectivity index (χ0v) is 18.3. The summed E-state index contributed by atoms with van der Waals surface area (Å²) >= 11 is 9.80. The lowest BCUT2D eigenvalue weighted by Crippen LogP contribution is -2.00. The monoisotopic (exact) mass is 457 g/mol. The van der Waals surface area contributed by atoms with Gasteiger partial charge in [0, 0.05) is 16.8 Å². The van der Waals surface area contributed by atoms with Crippen LogP contribution in [0.5, 0.6) is 11.5 Å². The molecule has 0 spiro atoms. The second-order valence-electron chi connectivity index (χ2n) is 6.46. The molecule has 3 nitrogen and oxygen atoms in total. The molecule has 0 aliphatic heterocycles. The second-order valence-corrected chi connectivity index (χ2v) is 7.72. The Morgan fingerprint density at radius 3 is 2.61 bits per heavy atom. The van der Waals surface area contributed by atoms with Crippen molar-refractivity contribution in [1.82, 2.24) is 0 Å². The number of rotatable bonds is 6. The van der Waals surface area contributed by atoms with Crippen LogP contribution in [0.3, 0.4) is 0 Å². The van der Waals surface area contributed by atoms with Crippen LogP contribution < -0.4 is 9.47 Å². The minimum atomic E-state index is 0.352. The summed E-state index contributed by atoms with van der Waals surface area (Å²) in [6.45, 7) is 4.46. The van der Waals surface area contributed by atoms with Gasteiger partial charge in [-0.3, -0.25) is 4.99 Å². The van der Waals surface area contributed by atoms with Crippen LogP contribution in [0.2, 0.25) is 5.02 Å². The van der Waals surface area contributed by atoms with Crippen molar-refractivity contribution >= 4 is 39.4 Å². The molecule has 0 N–H and O–H groups in total. The quantitative estimate of drug-likeness (QED) is 0.370. The maximum atomic E-state index is 6.21. The summed E-state index contributed by atoms with van der Waals surface area (Å²) < 4.78 is 12.3. The van der Waals surface area contributed by atoms with E-state index in [0.717, 1.165) is 26.9 Å². The minimum absolute atomic E-state index is 0.352. The van der Waals surface area contributed by atoms with Crippen molar-refractivity contribution in [2.45, 2.75) is 20.5 Å². The molecule has 0 unspecified atom stereocenters. The van der Waals surface area contributed by atoms with E-state index in [1.54, 1.807) is 7.11 Å². The number of ether oxygens (including phenoxy) is 2. The van der Waals surface area contributed by atoms with Crippen LogP contribution in [0.4, 0.5) is 5.69 Å². The van der Waals surface area contributed by atoms with Gasteiger partial charge >= 0.3 is 0 Å². The van der Waals surface area contributed by atoms with E-state index in [0.29, 0.717) is 23.1 Å². The van der Waals surface area contributed by atoms with Crippen molar-refractivity contribution in [3.63, 3.8) is 0 Å². The molecule has 144 valence electrons. The van der Waals surface area contributed by atoms with Crippen LogP contribution >= 0.6 is 27.5 Å². The molecule has 0 bridgehead atoms. The first-order valence-electron chi connectivity index (χ1n) is 8.83. The number of hydrogen-bond acceptors (Lipinski definition) is 3. The third-order valence-corrected chi connectivity index (χ3v) is 5.26. The molecule has 0 amide bonds. The first-order chi connectivity index (χ1) is 13.5. The largest absolute Gasteiger partial charge is 0.493 e. The van der Waals surface area contributed by atoms with Gasteiger partial charge < -0.3 is 9.47 Å². The fourth-order valence-electron chi connectivity index (χ4n) is 2.72. The second kappa shape index (κ2) is 9.26. The number of halogens is 2. The van der Waals surface area contributed by atoms with Crippen molar-refractivity contribution < 1.29 is 9.47 Å². The highest BCUT2D eigenvalue weighted by molar-refractivity contribution is 9.10. The topological polar surface area (TPSA) is 30.8 Å². The molecule has 0 heterocycles. The molecule has 28 heavy (non-hydrogen) atoms. The Labute approximate surface area is 179 Å². The van der Waals surface area contributed by atoms with Gasteiger partial charge in [-0.05, 0) is 70.7 Å². The highest BCUT2D eigenvalue weighted by atomic mass is 79.9. The zero-order valence-electron chi connectivity index (χ0n) is 16.0. The van der Waals surface area contributed by atoms with E-state index in [-0.39, 0.29) is 0 Å². The van der Waals surface area contributed by atoms with E-state index in [2.05, 4.69) is 46.0 Å². The first-order valence-corrected chi connectivity index (χ1v) is 10.00. The molecule has 0 aliphatic carbocycles. The fraction of sp³-hybridized carbons (Fsp3) is 0.174. The van der Waals surface area contributed by atoms with E-state index < -0.39 is 0 Å². The molecule has 3 aromatic carbocycles. The van der Waals surface area contributed by atoms with Crippen molar-refractivity contribution in [3.05, 3.63) is 86.3 Å². The molecular weight excluding hydrogens is 438 g/mol. The average Bonchev–Trinajstić information content (AvgIpc) is 2.68. The lowest BCUT2D eigenvalue weighted by Gasteiger charge is -2.14. The zero-order chi connectivity index (χ0) is 20.1. The summed E-state index contributed by atoms with van der Waals surface area (Å²) in [6.07, 6.45) is 1.83. The molecule has 0 radical (unpaired) electrons. The van der Waals surface area contributed by atoms with Crippen molar-refractivity contribution in [2.75, 3.05) is 7.11 Å². The van der Waals surface area contributed by atoms with Gasteiger partial charge in [-0.25, -0.2) is 0 Å². The molecule has 3 rings (SSSR count). The third kappa shape index (κ3) is 4.94. The summed E-state index contributed by atoms with van der Waals surface area (Å²) in [6, 6.07) is 17.7. The lowest BCUT2D eigenvalue weighted by atomic mass is 10.1. The van der Waals surface area contributed by atoms with Gasteiger partial charge in [-0.1, -0.05) is 41.9 Å². The predicted molar refractivity (Wildman–Crippen MR) is 120 cm³/mol. The van der Waals surface area contributed by atoms with Gasteiger partial charge in [0.25, 0.3) is 0 Å². The van der Waals surface area contributed by atoms with Crippen molar-refractivity contribution in [2.24, 2.45) is 4.99 Å². The van der Waals surface area contributed by atoms with Crippen LogP contribution in [-0.2, 0) is 6.61 Å². The molecule has 0 atom stereocenters. The van der Waals surface area contributed by atoms with E-state index in [9.17, 15) is 0 Å². The van der Waals surface area contributed by atoms with Gasteiger partial charge in [-0.15, -0.1) is 0 Å². The summed E-state index contributed by atoms with van der Waals surface area (Å²) in [4.78, 5) is 4.63. The third-order valence-electron chi connectivity index (χ3n) is 4.30. The molecule has 0 aliphatic rings. The Kier molecular flexibility index (Phi) is 6.76. The highest BCUT2D eigenvalue weighted by Crippen LogP contribution is 2.37. The van der Waals surface area contributed by atoms with Crippen LogP contribution in [0, 0.1) is 13.8 Å². The van der Waals surface area contributed by atoms with Crippen molar-refractivity contribution in [3.8, 4) is 11.5 Å². The number of aliphatic imine (C=N–C) groups is 1. The smallest absolute Gasteiger partial charge is 0.175 e. The fourth-order valence-corrected chi connectivity index (χ4v) is 3.49. The van der Waals surface area contributed by atoms with E-state index in [4.69, 9.17) is 21.1 Å². The van der Waals surface area contributed by atoms with Crippen LogP contribution in [-0.4, -0.2) is 13.3 Å². The van der Waals surface area contributed by atoms with E-state index >= 15 is 0 Å². The number of hydrogen-bond donors (Lipinski definition) is 0. The molecule has 0 aromatic heterocycles. The molecule has 0 fully saturated rings. The molecule has 0 saturated heterocycles. The summed E-state index contributed by atoms with van der Waals surface area (Å²) in [7, 11) is 1.62. The van der Waals surface area contributed by atoms with E-state index in [1.807, 2.05) is 49.5 Å². The standard InChI is InChI=1S/C23H21BrClNO2/c1-15-8-9-16(2)21(10-15)26-13-17-11-19(24)23(22(12-17)27-3)28-14-18-6-4-5-7-20(18)25/h4-13H,14H2,1-3H3. The van der Waals surface area contributed by atoms with Crippen LogP contribution in [0.25, 0.3) is 0 Å². The Balaban J connectivity index is 1.84. The van der Waals surface area contributed by atoms with Crippen LogP contribution in [0.15, 0.2) is 64.1 Å². The Morgan fingerprint density at radius 2 is 1.86 bits per heavy atom. The Morgan fingerprint density at radius 1 is 1.07 bits per heavy atom. The van der Waals surface area contributed by atoms with Gasteiger partial charge in [0.1, 0.15) is 6.61 Å². The van der Waals surface area contributed by atoms with Gasteiger partial charge in [0.2, 0.25) is 0 Å². The minimum Gasteiger partial charge on any atom is -0.493 e. The number of methoxy groups -OCH3 is 1. The highest BCUT2D eigenvalue weighted by Gasteiger charge is 2.12. The molecule has 3 aromatic rings. The maximum absolute atomic E-state index is 6.21. The predicted octanol–water partition coefficient (Wildman–Crippen LogP) is 7.06. The number of benzene rings is 3.